The van der Waals surface area contributed by atoms with E-state index < -0.39 is 11.6 Å². The number of aliphatic hydroxyl groups excluding tert-OH is 1. The summed E-state index contributed by atoms with van der Waals surface area (Å²) in [4.78, 5) is 0. The molecule has 2 N–H and O–H groups in total. The van der Waals surface area contributed by atoms with Crippen molar-refractivity contribution in [3.05, 3.63) is 29.3 Å². The van der Waals surface area contributed by atoms with Crippen LogP contribution in [0.4, 0.5) is 14.5 Å². The van der Waals surface area contributed by atoms with Crippen LogP contribution >= 0.6 is 0 Å². The molecule has 0 radical (unpaired) electrons. The van der Waals surface area contributed by atoms with Crippen LogP contribution in [0.1, 0.15) is 12.5 Å². The predicted octanol–water partition coefficient (Wildman–Crippen LogP) is 2.31. The lowest BCUT2D eigenvalue weighted by Crippen LogP contribution is -2.15. The van der Waals surface area contributed by atoms with Gasteiger partial charge in [0.05, 0.1) is 5.69 Å². The van der Waals surface area contributed by atoms with Gasteiger partial charge in [-0.25, -0.2) is 8.78 Å². The maximum atomic E-state index is 13.3. The zero-order valence-electron chi connectivity index (χ0n) is 8.85. The minimum atomic E-state index is -0.473. The highest BCUT2D eigenvalue weighted by molar-refractivity contribution is 5.46. The van der Waals surface area contributed by atoms with Crippen LogP contribution in [-0.4, -0.2) is 18.3 Å². The molecule has 1 rings (SSSR count). The molecule has 1 aromatic carbocycles. The molecule has 0 fully saturated rings. The van der Waals surface area contributed by atoms with E-state index in [4.69, 9.17) is 5.11 Å². The predicted molar refractivity (Wildman–Crippen MR) is 55.8 cm³/mol. The minimum Gasteiger partial charge on any atom is -0.396 e. The van der Waals surface area contributed by atoms with Crippen LogP contribution in [0.25, 0.3) is 0 Å². The van der Waals surface area contributed by atoms with Crippen LogP contribution in [0.5, 0.6) is 0 Å². The Labute approximate surface area is 87.9 Å². The number of hydrogen-bond donors (Lipinski definition) is 2. The van der Waals surface area contributed by atoms with E-state index in [1.54, 1.807) is 0 Å². The van der Waals surface area contributed by atoms with E-state index in [9.17, 15) is 8.78 Å². The lowest BCUT2D eigenvalue weighted by atomic mass is 10.1. The SMILES string of the molecule is Cc1cc(F)c(NCC(C)CO)cc1F. The summed E-state index contributed by atoms with van der Waals surface area (Å²) in [5.41, 5.74) is 0.423. The first-order valence-corrected chi connectivity index (χ1v) is 4.85. The summed E-state index contributed by atoms with van der Waals surface area (Å²) < 4.78 is 26.4. The van der Waals surface area contributed by atoms with E-state index in [2.05, 4.69) is 5.32 Å². The topological polar surface area (TPSA) is 32.3 Å². The molecule has 0 amide bonds. The Morgan fingerprint density at radius 3 is 2.60 bits per heavy atom. The van der Waals surface area contributed by atoms with Crippen LogP contribution in [0.2, 0.25) is 0 Å². The number of benzene rings is 1. The van der Waals surface area contributed by atoms with Crippen molar-refractivity contribution < 1.29 is 13.9 Å². The number of aryl methyl sites for hydroxylation is 1. The average molecular weight is 215 g/mol. The summed E-state index contributed by atoms with van der Waals surface area (Å²) in [5, 5.41) is 11.5. The number of aliphatic hydroxyl groups is 1. The quantitative estimate of drug-likeness (QED) is 0.807. The van der Waals surface area contributed by atoms with Crippen molar-refractivity contribution >= 4 is 5.69 Å². The fourth-order valence-electron chi connectivity index (χ4n) is 1.13. The van der Waals surface area contributed by atoms with Crippen LogP contribution in [0.3, 0.4) is 0 Å². The molecule has 0 aliphatic carbocycles. The number of hydrogen-bond acceptors (Lipinski definition) is 2. The van der Waals surface area contributed by atoms with E-state index in [1.165, 1.54) is 6.92 Å². The maximum absolute atomic E-state index is 13.3. The van der Waals surface area contributed by atoms with Gasteiger partial charge in [0.25, 0.3) is 0 Å². The molecule has 0 saturated heterocycles. The molecular formula is C11H15F2NO. The van der Waals surface area contributed by atoms with E-state index in [-0.39, 0.29) is 23.8 Å². The van der Waals surface area contributed by atoms with Crippen LogP contribution in [0, 0.1) is 24.5 Å². The second-order valence-corrected chi connectivity index (χ2v) is 3.75. The third-order valence-corrected chi connectivity index (χ3v) is 2.20. The van der Waals surface area contributed by atoms with Gasteiger partial charge in [-0.2, -0.15) is 0 Å². The van der Waals surface area contributed by atoms with Gasteiger partial charge in [-0.15, -0.1) is 0 Å². The molecule has 0 aromatic heterocycles. The second kappa shape index (κ2) is 5.07. The molecule has 1 atom stereocenters. The Morgan fingerprint density at radius 2 is 2.00 bits per heavy atom. The first kappa shape index (κ1) is 11.9. The fourth-order valence-corrected chi connectivity index (χ4v) is 1.13. The van der Waals surface area contributed by atoms with Gasteiger partial charge in [0, 0.05) is 19.2 Å². The van der Waals surface area contributed by atoms with Gasteiger partial charge < -0.3 is 10.4 Å². The molecular weight excluding hydrogens is 200 g/mol. The van der Waals surface area contributed by atoms with E-state index in [0.29, 0.717) is 6.54 Å². The Balaban J connectivity index is 2.73. The van der Waals surface area contributed by atoms with E-state index in [0.717, 1.165) is 12.1 Å². The van der Waals surface area contributed by atoms with Crippen molar-refractivity contribution in [3.8, 4) is 0 Å². The second-order valence-electron chi connectivity index (χ2n) is 3.75. The van der Waals surface area contributed by atoms with Crippen molar-refractivity contribution in [1.29, 1.82) is 0 Å². The van der Waals surface area contributed by atoms with Gasteiger partial charge >= 0.3 is 0 Å². The maximum Gasteiger partial charge on any atom is 0.146 e. The number of rotatable bonds is 4. The molecule has 1 unspecified atom stereocenters. The molecule has 4 heteroatoms. The lowest BCUT2D eigenvalue weighted by Gasteiger charge is -2.12. The normalized spacial score (nSPS) is 12.6. The first-order chi connectivity index (χ1) is 7.04. The molecule has 84 valence electrons. The summed E-state index contributed by atoms with van der Waals surface area (Å²) in [6.07, 6.45) is 0. The zero-order chi connectivity index (χ0) is 11.4. The van der Waals surface area contributed by atoms with Crippen molar-refractivity contribution in [2.24, 2.45) is 5.92 Å². The number of nitrogens with one attached hydrogen (secondary N) is 1. The summed E-state index contributed by atoms with van der Waals surface area (Å²) in [6, 6.07) is 2.29. The third-order valence-electron chi connectivity index (χ3n) is 2.20. The highest BCUT2D eigenvalue weighted by atomic mass is 19.1. The molecule has 0 saturated carbocycles. The summed E-state index contributed by atoms with van der Waals surface area (Å²) in [5.74, 6) is -0.900. The summed E-state index contributed by atoms with van der Waals surface area (Å²) in [7, 11) is 0. The van der Waals surface area contributed by atoms with Crippen LogP contribution in [0.15, 0.2) is 12.1 Å². The van der Waals surface area contributed by atoms with Gasteiger partial charge in [0.2, 0.25) is 0 Å². The molecule has 2 nitrogen and oxygen atoms in total. The van der Waals surface area contributed by atoms with Crippen molar-refractivity contribution in [1.82, 2.24) is 0 Å². The Hall–Kier alpha value is -1.16. The molecule has 0 bridgehead atoms. The average Bonchev–Trinajstić information content (AvgIpc) is 2.21. The first-order valence-electron chi connectivity index (χ1n) is 4.85. The molecule has 15 heavy (non-hydrogen) atoms. The number of halogens is 2. The minimum absolute atomic E-state index is 0.00812. The van der Waals surface area contributed by atoms with Gasteiger partial charge in [-0.1, -0.05) is 6.92 Å². The molecule has 0 aliphatic rings. The summed E-state index contributed by atoms with van der Waals surface area (Å²) >= 11 is 0. The summed E-state index contributed by atoms with van der Waals surface area (Å²) in [6.45, 7) is 3.76. The van der Waals surface area contributed by atoms with Crippen LogP contribution < -0.4 is 5.32 Å². The highest BCUT2D eigenvalue weighted by Gasteiger charge is 2.07. The molecule has 0 aliphatic heterocycles. The van der Waals surface area contributed by atoms with Gasteiger partial charge in [0.1, 0.15) is 11.6 Å². The third kappa shape index (κ3) is 3.16. The van der Waals surface area contributed by atoms with Crippen molar-refractivity contribution in [3.63, 3.8) is 0 Å². The monoisotopic (exact) mass is 215 g/mol. The zero-order valence-corrected chi connectivity index (χ0v) is 8.85. The molecule has 0 heterocycles. The molecule has 1 aromatic rings. The largest absolute Gasteiger partial charge is 0.396 e. The van der Waals surface area contributed by atoms with E-state index >= 15 is 0 Å². The molecule has 0 spiro atoms. The number of anilines is 1. The van der Waals surface area contributed by atoms with Crippen LogP contribution in [-0.2, 0) is 0 Å². The van der Waals surface area contributed by atoms with Crippen molar-refractivity contribution in [2.75, 3.05) is 18.5 Å². The van der Waals surface area contributed by atoms with Gasteiger partial charge in [-0.05, 0) is 24.5 Å². The van der Waals surface area contributed by atoms with Gasteiger partial charge in [0.15, 0.2) is 0 Å². The smallest absolute Gasteiger partial charge is 0.146 e. The standard InChI is InChI=1S/C11H15F2NO/c1-7(6-15)5-14-11-4-9(12)8(2)3-10(11)13/h3-4,7,14-15H,5-6H2,1-2H3. The van der Waals surface area contributed by atoms with Crippen molar-refractivity contribution in [2.45, 2.75) is 13.8 Å². The fraction of sp³-hybridized carbons (Fsp3) is 0.455. The van der Waals surface area contributed by atoms with Gasteiger partial charge in [-0.3, -0.25) is 0 Å². The highest BCUT2D eigenvalue weighted by Crippen LogP contribution is 2.18. The Morgan fingerprint density at radius 1 is 1.33 bits per heavy atom. The lowest BCUT2D eigenvalue weighted by molar-refractivity contribution is 0.244. The van der Waals surface area contributed by atoms with E-state index in [1.807, 2.05) is 6.92 Å². The Bertz CT molecular complexity index is 342. The Kier molecular flexibility index (Phi) is 4.03.